The molecule has 3 nitrogen and oxygen atoms in total. The summed E-state index contributed by atoms with van der Waals surface area (Å²) in [4.78, 5) is 2.15. The summed E-state index contributed by atoms with van der Waals surface area (Å²) in [5.74, 6) is -0.153. The van der Waals surface area contributed by atoms with Gasteiger partial charge >= 0.3 is 0 Å². The molecule has 1 rings (SSSR count). The van der Waals surface area contributed by atoms with Gasteiger partial charge in [0.1, 0.15) is 0 Å². The molecule has 1 unspecified atom stereocenters. The van der Waals surface area contributed by atoms with Gasteiger partial charge in [-0.3, -0.25) is 0 Å². The van der Waals surface area contributed by atoms with E-state index >= 15 is 0 Å². The van der Waals surface area contributed by atoms with Crippen LogP contribution in [0.15, 0.2) is 0 Å². The molecule has 62 valence electrons. The van der Waals surface area contributed by atoms with Crippen molar-refractivity contribution >= 4 is 0 Å². The van der Waals surface area contributed by atoms with E-state index in [0.717, 1.165) is 25.9 Å². The van der Waals surface area contributed by atoms with Crippen LogP contribution in [0.3, 0.4) is 0 Å². The Kier molecular flexibility index (Phi) is 2.86. The van der Waals surface area contributed by atoms with Crippen molar-refractivity contribution in [3.63, 3.8) is 0 Å². The Hall–Kier alpha value is -0.590. The Labute approximate surface area is 67.2 Å². The molecule has 1 aliphatic rings. The van der Waals surface area contributed by atoms with Crippen LogP contribution in [0.4, 0.5) is 0 Å². The molecule has 0 aliphatic carbocycles. The zero-order chi connectivity index (χ0) is 8.27. The summed E-state index contributed by atoms with van der Waals surface area (Å²) >= 11 is 0. The molecule has 0 amide bonds. The van der Waals surface area contributed by atoms with E-state index in [-0.39, 0.29) is 5.92 Å². The minimum absolute atomic E-state index is 0.153. The highest BCUT2D eigenvalue weighted by Gasteiger charge is 2.22. The third kappa shape index (κ3) is 2.18. The molecule has 11 heavy (non-hydrogen) atoms. The van der Waals surface area contributed by atoms with E-state index in [1.54, 1.807) is 0 Å². The smallest absolute Gasteiger partial charge is 0.0735 e. The van der Waals surface area contributed by atoms with Gasteiger partial charge in [-0.25, -0.2) is 0 Å². The third-order valence-corrected chi connectivity index (χ3v) is 2.26. The predicted octanol–water partition coefficient (Wildman–Crippen LogP) is 0.213. The van der Waals surface area contributed by atoms with E-state index < -0.39 is 6.10 Å². The molecule has 0 spiro atoms. The lowest BCUT2D eigenvalue weighted by atomic mass is 10.00. The van der Waals surface area contributed by atoms with Crippen LogP contribution in [0.1, 0.15) is 12.8 Å². The average Bonchev–Trinajstić information content (AvgIpc) is 2.15. The molecule has 0 aromatic carbocycles. The standard InChI is InChI=1S/C8H14N2O/c1-10-4-2-7(6-9)8(11)3-5-10/h7-8,11H,2-5H2,1H3/t7?,8-/m0/s1. The van der Waals surface area contributed by atoms with Gasteiger partial charge in [-0.1, -0.05) is 0 Å². The van der Waals surface area contributed by atoms with Gasteiger partial charge in [0, 0.05) is 6.54 Å². The Morgan fingerprint density at radius 3 is 2.73 bits per heavy atom. The van der Waals surface area contributed by atoms with Gasteiger partial charge in [-0.15, -0.1) is 0 Å². The number of hydrogen-bond acceptors (Lipinski definition) is 3. The normalized spacial score (nSPS) is 34.3. The van der Waals surface area contributed by atoms with Crippen molar-refractivity contribution in [2.45, 2.75) is 18.9 Å². The summed E-state index contributed by atoms with van der Waals surface area (Å²) in [7, 11) is 2.02. The fourth-order valence-electron chi connectivity index (χ4n) is 1.37. The molecular formula is C8H14N2O. The van der Waals surface area contributed by atoms with Crippen LogP contribution < -0.4 is 0 Å². The van der Waals surface area contributed by atoms with Crippen molar-refractivity contribution in [2.75, 3.05) is 20.1 Å². The largest absolute Gasteiger partial charge is 0.392 e. The van der Waals surface area contributed by atoms with Gasteiger partial charge in [-0.05, 0) is 26.4 Å². The highest BCUT2D eigenvalue weighted by Crippen LogP contribution is 2.15. The maximum Gasteiger partial charge on any atom is 0.0735 e. The predicted molar refractivity (Wildman–Crippen MR) is 41.8 cm³/mol. The van der Waals surface area contributed by atoms with Gasteiger partial charge in [-0.2, -0.15) is 5.26 Å². The van der Waals surface area contributed by atoms with Crippen LogP contribution in [0.25, 0.3) is 0 Å². The first-order valence-electron chi connectivity index (χ1n) is 4.00. The summed E-state index contributed by atoms with van der Waals surface area (Å²) in [6, 6.07) is 2.14. The van der Waals surface area contributed by atoms with Crippen molar-refractivity contribution in [3.8, 4) is 6.07 Å². The van der Waals surface area contributed by atoms with Crippen LogP contribution in [0, 0.1) is 17.2 Å². The molecule has 1 N–H and O–H groups in total. The quantitative estimate of drug-likeness (QED) is 0.542. The van der Waals surface area contributed by atoms with Gasteiger partial charge in [0.2, 0.25) is 0 Å². The summed E-state index contributed by atoms with van der Waals surface area (Å²) < 4.78 is 0. The Bertz CT molecular complexity index is 164. The van der Waals surface area contributed by atoms with E-state index in [1.165, 1.54) is 0 Å². The maximum atomic E-state index is 9.42. The Balaban J connectivity index is 2.50. The van der Waals surface area contributed by atoms with E-state index in [2.05, 4.69) is 11.0 Å². The summed E-state index contributed by atoms with van der Waals surface area (Å²) in [6.45, 7) is 1.83. The molecule has 0 bridgehead atoms. The van der Waals surface area contributed by atoms with Gasteiger partial charge < -0.3 is 10.0 Å². The fourth-order valence-corrected chi connectivity index (χ4v) is 1.37. The number of nitrogens with zero attached hydrogens (tertiary/aromatic N) is 2. The summed E-state index contributed by atoms with van der Waals surface area (Å²) in [5.41, 5.74) is 0. The monoisotopic (exact) mass is 154 g/mol. The summed E-state index contributed by atoms with van der Waals surface area (Å²) in [6.07, 6.45) is 1.12. The lowest BCUT2D eigenvalue weighted by Gasteiger charge is -2.10. The molecule has 1 fully saturated rings. The lowest BCUT2D eigenvalue weighted by Crippen LogP contribution is -2.19. The van der Waals surface area contributed by atoms with Crippen molar-refractivity contribution in [1.29, 1.82) is 5.26 Å². The average molecular weight is 154 g/mol. The first-order valence-corrected chi connectivity index (χ1v) is 4.00. The van der Waals surface area contributed by atoms with Gasteiger partial charge in [0.15, 0.2) is 0 Å². The minimum atomic E-state index is -0.412. The van der Waals surface area contributed by atoms with Gasteiger partial charge in [0.25, 0.3) is 0 Å². The minimum Gasteiger partial charge on any atom is -0.392 e. The summed E-state index contributed by atoms with van der Waals surface area (Å²) in [5, 5.41) is 18.1. The number of aliphatic hydroxyl groups is 1. The molecule has 1 heterocycles. The van der Waals surface area contributed by atoms with Crippen molar-refractivity contribution in [2.24, 2.45) is 5.92 Å². The van der Waals surface area contributed by atoms with Crippen molar-refractivity contribution in [1.82, 2.24) is 4.90 Å². The van der Waals surface area contributed by atoms with Crippen LogP contribution in [0.2, 0.25) is 0 Å². The second kappa shape index (κ2) is 3.70. The Morgan fingerprint density at radius 2 is 2.09 bits per heavy atom. The molecule has 3 heteroatoms. The highest BCUT2D eigenvalue weighted by atomic mass is 16.3. The number of likely N-dealkylation sites (tertiary alicyclic amines) is 1. The fraction of sp³-hybridized carbons (Fsp3) is 0.875. The molecule has 0 aromatic heterocycles. The second-order valence-corrected chi connectivity index (χ2v) is 3.18. The van der Waals surface area contributed by atoms with Crippen LogP contribution in [-0.4, -0.2) is 36.2 Å². The molecule has 0 aromatic rings. The number of aliphatic hydroxyl groups excluding tert-OH is 1. The van der Waals surface area contributed by atoms with E-state index in [9.17, 15) is 5.11 Å². The van der Waals surface area contributed by atoms with Crippen molar-refractivity contribution < 1.29 is 5.11 Å². The SMILES string of the molecule is CN1CCC(C#N)[C@@H](O)CC1. The topological polar surface area (TPSA) is 47.3 Å². The molecule has 0 saturated carbocycles. The van der Waals surface area contributed by atoms with Crippen LogP contribution >= 0.6 is 0 Å². The zero-order valence-electron chi connectivity index (χ0n) is 6.82. The zero-order valence-corrected chi connectivity index (χ0v) is 6.82. The first kappa shape index (κ1) is 8.51. The van der Waals surface area contributed by atoms with E-state index in [0.29, 0.717) is 0 Å². The van der Waals surface area contributed by atoms with Gasteiger partial charge in [0.05, 0.1) is 18.1 Å². The molecule has 1 aliphatic heterocycles. The molecule has 0 radical (unpaired) electrons. The van der Waals surface area contributed by atoms with Crippen molar-refractivity contribution in [3.05, 3.63) is 0 Å². The Morgan fingerprint density at radius 1 is 1.45 bits per heavy atom. The van der Waals surface area contributed by atoms with Crippen LogP contribution in [-0.2, 0) is 0 Å². The number of nitriles is 1. The third-order valence-electron chi connectivity index (χ3n) is 2.26. The number of rotatable bonds is 0. The first-order chi connectivity index (χ1) is 5.24. The van der Waals surface area contributed by atoms with E-state index in [4.69, 9.17) is 5.26 Å². The lowest BCUT2D eigenvalue weighted by molar-refractivity contribution is 0.128. The maximum absolute atomic E-state index is 9.42. The highest BCUT2D eigenvalue weighted by molar-refractivity contribution is 4.90. The van der Waals surface area contributed by atoms with E-state index in [1.807, 2.05) is 7.05 Å². The molecule has 2 atom stereocenters. The molecular weight excluding hydrogens is 140 g/mol. The van der Waals surface area contributed by atoms with Crippen LogP contribution in [0.5, 0.6) is 0 Å². The second-order valence-electron chi connectivity index (χ2n) is 3.18. The molecule has 1 saturated heterocycles. The number of hydrogen-bond donors (Lipinski definition) is 1.